The average Bonchev–Trinajstić information content (AvgIpc) is 2.72. The molecule has 0 aliphatic carbocycles. The van der Waals surface area contributed by atoms with Crippen molar-refractivity contribution in [2.75, 3.05) is 0 Å². The lowest BCUT2D eigenvalue weighted by Crippen LogP contribution is -2.13. The van der Waals surface area contributed by atoms with Crippen molar-refractivity contribution < 1.29 is 0 Å². The Hall–Kier alpha value is -1.33. The summed E-state index contributed by atoms with van der Waals surface area (Å²) in [4.78, 5) is 4.03. The van der Waals surface area contributed by atoms with Gasteiger partial charge >= 0.3 is 0 Å². The van der Waals surface area contributed by atoms with E-state index in [1.54, 1.807) is 6.20 Å². The monoisotopic (exact) mass is 206 g/mol. The molecule has 2 rings (SSSR count). The molecule has 2 N–H and O–H groups in total. The molecule has 1 unspecified atom stereocenters. The van der Waals surface area contributed by atoms with Crippen LogP contribution in [0.15, 0.2) is 29.9 Å². The minimum absolute atomic E-state index is 0.0852. The van der Waals surface area contributed by atoms with Crippen LogP contribution in [0.25, 0.3) is 0 Å². The summed E-state index contributed by atoms with van der Waals surface area (Å²) in [5, 5.41) is 5.81. The minimum Gasteiger partial charge on any atom is -0.322 e. The van der Waals surface area contributed by atoms with E-state index in [0.29, 0.717) is 0 Å². The Morgan fingerprint density at radius 1 is 1.50 bits per heavy atom. The van der Waals surface area contributed by atoms with Gasteiger partial charge in [-0.1, -0.05) is 10.6 Å². The van der Waals surface area contributed by atoms with Gasteiger partial charge in [-0.2, -0.15) is 0 Å². The molecule has 2 aromatic heterocycles. The molecule has 2 aromatic rings. The molecule has 5 heteroatoms. The van der Waals surface area contributed by atoms with Crippen molar-refractivity contribution in [3.8, 4) is 0 Å². The van der Waals surface area contributed by atoms with E-state index in [1.165, 1.54) is 11.5 Å². The van der Waals surface area contributed by atoms with Gasteiger partial charge in [-0.05, 0) is 29.6 Å². The van der Waals surface area contributed by atoms with Gasteiger partial charge in [-0.3, -0.25) is 4.98 Å². The van der Waals surface area contributed by atoms with Crippen LogP contribution in [0.3, 0.4) is 0 Å². The molecule has 0 aliphatic heterocycles. The predicted molar refractivity (Wildman–Crippen MR) is 54.8 cm³/mol. The second-order valence-electron chi connectivity index (χ2n) is 3.00. The van der Waals surface area contributed by atoms with Gasteiger partial charge in [0, 0.05) is 17.8 Å². The fraction of sp³-hybridized carbons (Fsp3) is 0.222. The Morgan fingerprint density at radius 3 is 3.07 bits per heavy atom. The average molecular weight is 206 g/mol. The van der Waals surface area contributed by atoms with Gasteiger partial charge < -0.3 is 5.73 Å². The molecule has 0 spiro atoms. The van der Waals surface area contributed by atoms with E-state index in [2.05, 4.69) is 14.6 Å². The molecule has 0 saturated heterocycles. The van der Waals surface area contributed by atoms with Crippen LogP contribution in [0.1, 0.15) is 17.3 Å². The van der Waals surface area contributed by atoms with Crippen LogP contribution in [0.4, 0.5) is 0 Å². The number of hydrogen-bond donors (Lipinski definition) is 1. The van der Waals surface area contributed by atoms with Gasteiger partial charge in [0.05, 0.1) is 11.7 Å². The van der Waals surface area contributed by atoms with E-state index >= 15 is 0 Å². The van der Waals surface area contributed by atoms with Crippen molar-refractivity contribution in [1.29, 1.82) is 0 Å². The van der Waals surface area contributed by atoms with Crippen LogP contribution < -0.4 is 5.73 Å². The SMILES string of the molecule is NC(Cc1cccnc1)c1csnn1. The smallest absolute Gasteiger partial charge is 0.0925 e. The topological polar surface area (TPSA) is 64.7 Å². The molecular weight excluding hydrogens is 196 g/mol. The summed E-state index contributed by atoms with van der Waals surface area (Å²) in [5.41, 5.74) is 7.91. The zero-order chi connectivity index (χ0) is 9.80. The summed E-state index contributed by atoms with van der Waals surface area (Å²) in [7, 11) is 0. The van der Waals surface area contributed by atoms with Crippen molar-refractivity contribution in [2.45, 2.75) is 12.5 Å². The highest BCUT2D eigenvalue weighted by atomic mass is 32.1. The van der Waals surface area contributed by atoms with Crippen LogP contribution in [-0.4, -0.2) is 14.6 Å². The Kier molecular flexibility index (Phi) is 2.81. The Labute approximate surface area is 86.0 Å². The fourth-order valence-electron chi connectivity index (χ4n) is 1.21. The molecular formula is C9H10N4S. The molecule has 72 valence electrons. The van der Waals surface area contributed by atoms with E-state index in [4.69, 9.17) is 5.73 Å². The lowest BCUT2D eigenvalue weighted by atomic mass is 10.1. The third kappa shape index (κ3) is 2.12. The highest BCUT2D eigenvalue weighted by molar-refractivity contribution is 7.03. The molecule has 0 aromatic carbocycles. The van der Waals surface area contributed by atoms with E-state index in [1.807, 2.05) is 23.7 Å². The lowest BCUT2D eigenvalue weighted by Gasteiger charge is -2.06. The molecule has 0 saturated carbocycles. The Morgan fingerprint density at radius 2 is 2.43 bits per heavy atom. The molecule has 1 atom stereocenters. The molecule has 0 fully saturated rings. The number of aromatic nitrogens is 3. The summed E-state index contributed by atoms with van der Waals surface area (Å²) >= 11 is 1.32. The van der Waals surface area contributed by atoms with Crippen LogP contribution >= 0.6 is 11.5 Å². The molecule has 0 aliphatic rings. The molecule has 0 amide bonds. The quantitative estimate of drug-likeness (QED) is 0.818. The third-order valence-corrected chi connectivity index (χ3v) is 2.46. The molecule has 2 heterocycles. The number of nitrogens with two attached hydrogens (primary N) is 1. The van der Waals surface area contributed by atoms with Crippen molar-refractivity contribution in [3.63, 3.8) is 0 Å². The summed E-state index contributed by atoms with van der Waals surface area (Å²) in [5.74, 6) is 0. The number of rotatable bonds is 3. The number of pyridine rings is 1. The van der Waals surface area contributed by atoms with Crippen LogP contribution in [0, 0.1) is 0 Å². The van der Waals surface area contributed by atoms with Gasteiger partial charge in [-0.25, -0.2) is 0 Å². The zero-order valence-corrected chi connectivity index (χ0v) is 8.31. The van der Waals surface area contributed by atoms with E-state index in [-0.39, 0.29) is 6.04 Å². The first-order valence-corrected chi connectivity index (χ1v) is 5.11. The second-order valence-corrected chi connectivity index (χ2v) is 3.61. The summed E-state index contributed by atoms with van der Waals surface area (Å²) in [6.07, 6.45) is 4.32. The highest BCUT2D eigenvalue weighted by Crippen LogP contribution is 2.13. The van der Waals surface area contributed by atoms with E-state index < -0.39 is 0 Å². The maximum absolute atomic E-state index is 5.95. The van der Waals surface area contributed by atoms with Crippen molar-refractivity contribution in [1.82, 2.24) is 14.6 Å². The maximum Gasteiger partial charge on any atom is 0.0925 e. The Balaban J connectivity index is 2.06. The molecule has 14 heavy (non-hydrogen) atoms. The van der Waals surface area contributed by atoms with Gasteiger partial charge in [0.15, 0.2) is 0 Å². The van der Waals surface area contributed by atoms with Gasteiger partial charge in [0.1, 0.15) is 0 Å². The molecule has 0 bridgehead atoms. The van der Waals surface area contributed by atoms with E-state index in [0.717, 1.165) is 17.7 Å². The molecule has 0 radical (unpaired) electrons. The van der Waals surface area contributed by atoms with Gasteiger partial charge in [-0.15, -0.1) is 5.10 Å². The largest absolute Gasteiger partial charge is 0.322 e. The van der Waals surface area contributed by atoms with Crippen molar-refractivity contribution >= 4 is 11.5 Å². The van der Waals surface area contributed by atoms with Crippen molar-refractivity contribution in [2.24, 2.45) is 5.73 Å². The third-order valence-electron chi connectivity index (χ3n) is 1.94. The minimum atomic E-state index is -0.0852. The van der Waals surface area contributed by atoms with Gasteiger partial charge in [0.25, 0.3) is 0 Å². The second kappa shape index (κ2) is 4.26. The predicted octanol–water partition coefficient (Wildman–Crippen LogP) is 1.18. The standard InChI is InChI=1S/C9H10N4S/c10-8(9-6-14-13-12-9)4-7-2-1-3-11-5-7/h1-3,5-6,8H,4,10H2. The van der Waals surface area contributed by atoms with Gasteiger partial charge in [0.2, 0.25) is 0 Å². The maximum atomic E-state index is 5.95. The number of nitrogens with zero attached hydrogens (tertiary/aromatic N) is 3. The van der Waals surface area contributed by atoms with Crippen LogP contribution in [0.2, 0.25) is 0 Å². The first kappa shape index (κ1) is 9.23. The van der Waals surface area contributed by atoms with Crippen LogP contribution in [-0.2, 0) is 6.42 Å². The summed E-state index contributed by atoms with van der Waals surface area (Å²) in [6, 6.07) is 3.83. The summed E-state index contributed by atoms with van der Waals surface area (Å²) < 4.78 is 3.78. The van der Waals surface area contributed by atoms with Crippen LogP contribution in [0.5, 0.6) is 0 Å². The lowest BCUT2D eigenvalue weighted by molar-refractivity contribution is 0.690. The van der Waals surface area contributed by atoms with E-state index in [9.17, 15) is 0 Å². The Bertz CT molecular complexity index is 373. The summed E-state index contributed by atoms with van der Waals surface area (Å²) in [6.45, 7) is 0. The zero-order valence-electron chi connectivity index (χ0n) is 7.50. The highest BCUT2D eigenvalue weighted by Gasteiger charge is 2.09. The van der Waals surface area contributed by atoms with Crippen molar-refractivity contribution in [3.05, 3.63) is 41.2 Å². The number of hydrogen-bond acceptors (Lipinski definition) is 5. The normalized spacial score (nSPS) is 12.6. The first-order chi connectivity index (χ1) is 6.86. The molecule has 4 nitrogen and oxygen atoms in total. The first-order valence-electron chi connectivity index (χ1n) is 4.27. The fourth-order valence-corrected chi connectivity index (χ4v) is 1.73.